The molecule has 0 spiro atoms. The van der Waals surface area contributed by atoms with Gasteiger partial charge in [-0.2, -0.15) is 0 Å². The van der Waals surface area contributed by atoms with Crippen LogP contribution in [0, 0.1) is 13.8 Å². The Hall–Kier alpha value is -1.63. The van der Waals surface area contributed by atoms with Crippen molar-refractivity contribution in [3.63, 3.8) is 0 Å². The van der Waals surface area contributed by atoms with Crippen molar-refractivity contribution in [1.29, 1.82) is 0 Å². The van der Waals surface area contributed by atoms with Gasteiger partial charge in [-0.25, -0.2) is 4.68 Å². The van der Waals surface area contributed by atoms with Crippen LogP contribution >= 0.6 is 11.8 Å². The van der Waals surface area contributed by atoms with Crippen molar-refractivity contribution in [1.82, 2.24) is 24.8 Å². The second-order valence-corrected chi connectivity index (χ2v) is 5.68. The molecule has 2 aromatic rings. The molecular formula is C13H19N5OS. The number of thioether (sulfide) groups is 1. The molecule has 7 heteroatoms. The minimum absolute atomic E-state index is 0.119. The van der Waals surface area contributed by atoms with Crippen LogP contribution in [0.25, 0.3) is 0 Å². The summed E-state index contributed by atoms with van der Waals surface area (Å²) < 4.78 is 3.76. The fraction of sp³-hybridized carbons (Fsp3) is 0.538. The highest BCUT2D eigenvalue weighted by atomic mass is 32.2. The van der Waals surface area contributed by atoms with Gasteiger partial charge in [0.15, 0.2) is 5.78 Å². The quantitative estimate of drug-likeness (QED) is 0.602. The zero-order chi connectivity index (χ0) is 14.7. The number of carbonyl (C=O) groups excluding carboxylic acids is 1. The topological polar surface area (TPSA) is 65.6 Å². The number of ketones is 1. The van der Waals surface area contributed by atoms with Gasteiger partial charge < -0.3 is 4.57 Å². The molecule has 0 aliphatic heterocycles. The molecule has 108 valence electrons. The smallest absolute Gasteiger partial charge is 0.209 e. The number of rotatable bonds is 6. The predicted octanol–water partition coefficient (Wildman–Crippen LogP) is 2.01. The minimum atomic E-state index is 0.119. The first-order valence-corrected chi connectivity index (χ1v) is 7.58. The molecule has 0 N–H and O–H groups in total. The normalized spacial score (nSPS) is 11.0. The second kappa shape index (κ2) is 6.21. The third-order valence-electron chi connectivity index (χ3n) is 3.23. The predicted molar refractivity (Wildman–Crippen MR) is 78.0 cm³/mol. The maximum atomic E-state index is 12.3. The van der Waals surface area contributed by atoms with E-state index in [0.717, 1.165) is 29.9 Å². The van der Waals surface area contributed by atoms with Crippen LogP contribution in [0.1, 0.15) is 35.1 Å². The van der Waals surface area contributed by atoms with Crippen molar-refractivity contribution in [3.8, 4) is 0 Å². The van der Waals surface area contributed by atoms with Crippen molar-refractivity contribution < 1.29 is 4.79 Å². The van der Waals surface area contributed by atoms with E-state index in [1.165, 1.54) is 11.8 Å². The fourth-order valence-corrected chi connectivity index (χ4v) is 2.94. The largest absolute Gasteiger partial charge is 0.348 e. The third-order valence-corrected chi connectivity index (χ3v) is 4.25. The summed E-state index contributed by atoms with van der Waals surface area (Å²) in [5, 5.41) is 11.8. The maximum absolute atomic E-state index is 12.3. The standard InChI is InChI=1S/C13H19N5OS/c1-5-6-18-9(2)7-11(10(18)3)12(19)8-20-13-14-15-16-17(13)4/h7H,5-6,8H2,1-4H3. The molecule has 0 aromatic carbocycles. The Morgan fingerprint density at radius 1 is 1.40 bits per heavy atom. The first-order chi connectivity index (χ1) is 9.54. The molecule has 2 aromatic heterocycles. The van der Waals surface area contributed by atoms with Gasteiger partial charge in [0, 0.05) is 30.5 Å². The zero-order valence-electron chi connectivity index (χ0n) is 12.3. The summed E-state index contributed by atoms with van der Waals surface area (Å²) in [7, 11) is 1.76. The van der Waals surface area contributed by atoms with Crippen LogP contribution in [0.5, 0.6) is 0 Å². The van der Waals surface area contributed by atoms with Crippen molar-refractivity contribution >= 4 is 17.5 Å². The molecule has 0 aliphatic carbocycles. The number of hydrogen-bond acceptors (Lipinski definition) is 5. The lowest BCUT2D eigenvalue weighted by Crippen LogP contribution is -2.07. The summed E-state index contributed by atoms with van der Waals surface area (Å²) >= 11 is 1.36. The van der Waals surface area contributed by atoms with Crippen LogP contribution in [-0.4, -0.2) is 36.3 Å². The third kappa shape index (κ3) is 2.92. The Bertz CT molecular complexity index is 616. The van der Waals surface area contributed by atoms with E-state index < -0.39 is 0 Å². The number of nitrogens with zero attached hydrogens (tertiary/aromatic N) is 5. The molecule has 0 fully saturated rings. The molecule has 0 saturated carbocycles. The molecule has 0 unspecified atom stereocenters. The SMILES string of the molecule is CCCn1c(C)cc(C(=O)CSc2nnnn2C)c1C. The number of aryl methyl sites for hydroxylation is 2. The average Bonchev–Trinajstić information content (AvgIpc) is 2.94. The van der Waals surface area contributed by atoms with Gasteiger partial charge in [-0.15, -0.1) is 5.10 Å². The van der Waals surface area contributed by atoms with Gasteiger partial charge >= 0.3 is 0 Å². The van der Waals surface area contributed by atoms with Gasteiger partial charge in [0.25, 0.3) is 0 Å². The molecule has 0 saturated heterocycles. The lowest BCUT2D eigenvalue weighted by molar-refractivity contribution is 0.102. The number of aromatic nitrogens is 5. The first-order valence-electron chi connectivity index (χ1n) is 6.59. The number of Topliss-reactive ketones (excluding diaryl/α,β-unsaturated/α-hetero) is 1. The summed E-state index contributed by atoms with van der Waals surface area (Å²) in [6.07, 6.45) is 1.06. The van der Waals surface area contributed by atoms with Crippen molar-refractivity contribution in [2.75, 3.05) is 5.75 Å². The van der Waals surface area contributed by atoms with Crippen LogP contribution in [0.15, 0.2) is 11.2 Å². The second-order valence-electron chi connectivity index (χ2n) is 4.73. The maximum Gasteiger partial charge on any atom is 0.209 e. The van der Waals surface area contributed by atoms with Crippen LogP contribution in [-0.2, 0) is 13.6 Å². The highest BCUT2D eigenvalue weighted by Crippen LogP contribution is 2.20. The van der Waals surface area contributed by atoms with Crippen molar-refractivity contribution in [3.05, 3.63) is 23.0 Å². The summed E-state index contributed by atoms with van der Waals surface area (Å²) in [6.45, 7) is 7.13. The van der Waals surface area contributed by atoms with Gasteiger partial charge in [0.2, 0.25) is 5.16 Å². The number of carbonyl (C=O) groups is 1. The van der Waals surface area contributed by atoms with E-state index in [1.54, 1.807) is 11.7 Å². The van der Waals surface area contributed by atoms with Crippen LogP contribution in [0.3, 0.4) is 0 Å². The molecule has 0 amide bonds. The van der Waals surface area contributed by atoms with Crippen molar-refractivity contribution in [2.24, 2.45) is 7.05 Å². The summed E-state index contributed by atoms with van der Waals surface area (Å²) in [5.41, 5.74) is 2.99. The molecule has 0 aliphatic rings. The Balaban J connectivity index is 2.10. The summed E-state index contributed by atoms with van der Waals surface area (Å²) in [4.78, 5) is 12.3. The molecule has 20 heavy (non-hydrogen) atoms. The van der Waals surface area contributed by atoms with E-state index in [4.69, 9.17) is 0 Å². The average molecular weight is 293 g/mol. The zero-order valence-corrected chi connectivity index (χ0v) is 13.1. The highest BCUT2D eigenvalue weighted by molar-refractivity contribution is 7.99. The summed E-state index contributed by atoms with van der Waals surface area (Å²) in [5.74, 6) is 0.471. The van der Waals surface area contributed by atoms with E-state index in [9.17, 15) is 4.79 Å². The van der Waals surface area contributed by atoms with E-state index in [0.29, 0.717) is 10.9 Å². The Morgan fingerprint density at radius 2 is 2.15 bits per heavy atom. The summed E-state index contributed by atoms with van der Waals surface area (Å²) in [6, 6.07) is 1.98. The lowest BCUT2D eigenvalue weighted by atomic mass is 10.2. The first kappa shape index (κ1) is 14.8. The number of hydrogen-bond donors (Lipinski definition) is 0. The van der Waals surface area contributed by atoms with E-state index in [-0.39, 0.29) is 5.78 Å². The lowest BCUT2D eigenvalue weighted by Gasteiger charge is -2.07. The van der Waals surface area contributed by atoms with Crippen molar-refractivity contribution in [2.45, 2.75) is 38.9 Å². The monoisotopic (exact) mass is 293 g/mol. The van der Waals surface area contributed by atoms with E-state index in [2.05, 4.69) is 27.0 Å². The molecule has 0 atom stereocenters. The van der Waals surface area contributed by atoms with Gasteiger partial charge in [0.05, 0.1) is 5.75 Å². The van der Waals surface area contributed by atoms with Gasteiger partial charge in [0.1, 0.15) is 0 Å². The van der Waals surface area contributed by atoms with E-state index >= 15 is 0 Å². The molecule has 6 nitrogen and oxygen atoms in total. The number of tetrazole rings is 1. The van der Waals surface area contributed by atoms with Crippen LogP contribution < -0.4 is 0 Å². The Labute approximate surface area is 122 Å². The Kier molecular flexibility index (Phi) is 4.59. The molecule has 0 bridgehead atoms. The van der Waals surface area contributed by atoms with Gasteiger partial charge in [-0.1, -0.05) is 18.7 Å². The van der Waals surface area contributed by atoms with E-state index in [1.807, 2.05) is 19.9 Å². The van der Waals surface area contributed by atoms with Gasteiger partial charge in [-0.05, 0) is 36.8 Å². The highest BCUT2D eigenvalue weighted by Gasteiger charge is 2.16. The Morgan fingerprint density at radius 3 is 2.75 bits per heavy atom. The van der Waals surface area contributed by atoms with Gasteiger partial charge in [-0.3, -0.25) is 4.79 Å². The molecule has 2 heterocycles. The molecule has 2 rings (SSSR count). The van der Waals surface area contributed by atoms with Crippen LogP contribution in [0.4, 0.5) is 0 Å². The molecular weight excluding hydrogens is 274 g/mol. The fourth-order valence-electron chi connectivity index (χ4n) is 2.20. The molecule has 0 radical (unpaired) electrons. The minimum Gasteiger partial charge on any atom is -0.348 e. The van der Waals surface area contributed by atoms with Crippen LogP contribution in [0.2, 0.25) is 0 Å².